The number of aromatic nitrogens is 2. The molecule has 1 heterocycles. The number of hydrogen-bond acceptors (Lipinski definition) is 5. The van der Waals surface area contributed by atoms with Crippen molar-refractivity contribution >= 4 is 57.5 Å². The van der Waals surface area contributed by atoms with Gasteiger partial charge in [0.05, 0.1) is 34.4 Å². The summed E-state index contributed by atoms with van der Waals surface area (Å²) in [4.78, 5) is 20.5. The van der Waals surface area contributed by atoms with Crippen molar-refractivity contribution in [1.82, 2.24) is 9.97 Å². The predicted octanol–water partition coefficient (Wildman–Crippen LogP) is 6.97. The molecule has 0 unspecified atom stereocenters. The summed E-state index contributed by atoms with van der Waals surface area (Å²) in [6.07, 6.45) is 0.851. The highest BCUT2D eigenvalue weighted by Gasteiger charge is 2.19. The third kappa shape index (κ3) is 5.88. The molecule has 0 aliphatic heterocycles. The lowest BCUT2D eigenvalue weighted by Crippen LogP contribution is -2.30. The molecule has 0 saturated heterocycles. The highest BCUT2D eigenvalue weighted by atomic mass is 35.5. The van der Waals surface area contributed by atoms with Gasteiger partial charge in [-0.1, -0.05) is 29.3 Å². The molecule has 7 nitrogen and oxygen atoms in total. The number of halogens is 2. The zero-order valence-electron chi connectivity index (χ0n) is 20.6. The molecular formula is C28H24Cl2N4O3. The lowest BCUT2D eigenvalue weighted by atomic mass is 10.1. The second kappa shape index (κ2) is 11.0. The van der Waals surface area contributed by atoms with Gasteiger partial charge in [-0.3, -0.25) is 4.79 Å². The number of H-pyrrole nitrogens is 1. The number of nitrogens with one attached hydrogen (secondary N) is 2. The minimum absolute atomic E-state index is 0.363. The van der Waals surface area contributed by atoms with Gasteiger partial charge < -0.3 is 19.8 Å². The van der Waals surface area contributed by atoms with Crippen LogP contribution in [0.5, 0.6) is 11.5 Å². The van der Waals surface area contributed by atoms with Gasteiger partial charge in [0, 0.05) is 5.02 Å². The summed E-state index contributed by atoms with van der Waals surface area (Å²) in [5.41, 5.74) is 5.40. The number of benzene rings is 3. The molecule has 0 fully saturated rings. The standard InChI is InChI=1S/C28H24Cl2N4O3/c1-15-9-23-24(10-16(15)2)33-27(32-23)19(14-31)11-18-5-8-25(26(12-18)36-4)37-17(3)28(35)34-22-13-20(29)6-7-21(22)30/h5-13,17H,1-4H3,(H,32,33)(H,34,35)/b19-11+/t17-/m1/s1. The monoisotopic (exact) mass is 534 g/mol. The van der Waals surface area contributed by atoms with Crippen LogP contribution in [0.3, 0.4) is 0 Å². The Balaban J connectivity index is 1.54. The van der Waals surface area contributed by atoms with Crippen molar-refractivity contribution in [2.24, 2.45) is 0 Å². The maximum absolute atomic E-state index is 12.7. The fourth-order valence-electron chi connectivity index (χ4n) is 3.66. The Morgan fingerprint density at radius 2 is 1.86 bits per heavy atom. The molecule has 4 aromatic rings. The molecular weight excluding hydrogens is 511 g/mol. The predicted molar refractivity (Wildman–Crippen MR) is 147 cm³/mol. The summed E-state index contributed by atoms with van der Waals surface area (Å²) in [5, 5.41) is 13.3. The number of amides is 1. The molecule has 0 aliphatic carbocycles. The van der Waals surface area contributed by atoms with Crippen molar-refractivity contribution in [2.75, 3.05) is 12.4 Å². The van der Waals surface area contributed by atoms with E-state index in [-0.39, 0.29) is 0 Å². The lowest BCUT2D eigenvalue weighted by molar-refractivity contribution is -0.122. The van der Waals surface area contributed by atoms with E-state index in [0.717, 1.165) is 22.2 Å². The van der Waals surface area contributed by atoms with Crippen LogP contribution < -0.4 is 14.8 Å². The molecule has 4 rings (SSSR count). The van der Waals surface area contributed by atoms with Crippen LogP contribution in [0.25, 0.3) is 22.7 Å². The van der Waals surface area contributed by atoms with Crippen molar-refractivity contribution in [3.05, 3.63) is 81.1 Å². The smallest absolute Gasteiger partial charge is 0.265 e. The van der Waals surface area contributed by atoms with Gasteiger partial charge in [0.1, 0.15) is 11.9 Å². The van der Waals surface area contributed by atoms with E-state index in [4.69, 9.17) is 32.7 Å². The Morgan fingerprint density at radius 1 is 1.11 bits per heavy atom. The number of hydrogen-bond donors (Lipinski definition) is 2. The van der Waals surface area contributed by atoms with Crippen LogP contribution in [-0.4, -0.2) is 29.1 Å². The van der Waals surface area contributed by atoms with E-state index in [9.17, 15) is 10.1 Å². The molecule has 0 radical (unpaired) electrons. The van der Waals surface area contributed by atoms with E-state index in [2.05, 4.69) is 21.4 Å². The van der Waals surface area contributed by atoms with Crippen LogP contribution in [0.1, 0.15) is 29.4 Å². The molecule has 0 bridgehead atoms. The first-order valence-electron chi connectivity index (χ1n) is 11.4. The van der Waals surface area contributed by atoms with E-state index in [1.165, 1.54) is 7.11 Å². The summed E-state index contributed by atoms with van der Waals surface area (Å²) >= 11 is 12.1. The first kappa shape index (κ1) is 26.1. The van der Waals surface area contributed by atoms with Gasteiger partial charge in [-0.05, 0) is 86.0 Å². The first-order valence-corrected chi connectivity index (χ1v) is 12.1. The molecule has 1 aromatic heterocycles. The highest BCUT2D eigenvalue weighted by molar-refractivity contribution is 6.35. The van der Waals surface area contributed by atoms with Crippen LogP contribution in [0, 0.1) is 25.2 Å². The van der Waals surface area contributed by atoms with E-state index in [1.54, 1.807) is 49.4 Å². The van der Waals surface area contributed by atoms with E-state index in [1.807, 2.05) is 26.0 Å². The average Bonchev–Trinajstić information content (AvgIpc) is 3.27. The second-order valence-electron chi connectivity index (χ2n) is 8.49. The van der Waals surface area contributed by atoms with Crippen molar-refractivity contribution in [2.45, 2.75) is 26.9 Å². The number of ether oxygens (including phenoxy) is 2. The number of imidazole rings is 1. The zero-order chi connectivity index (χ0) is 26.7. The number of allylic oxidation sites excluding steroid dienone is 1. The fourth-order valence-corrected chi connectivity index (χ4v) is 4.00. The van der Waals surface area contributed by atoms with Gasteiger partial charge in [-0.25, -0.2) is 4.98 Å². The largest absolute Gasteiger partial charge is 0.493 e. The molecule has 1 amide bonds. The second-order valence-corrected chi connectivity index (χ2v) is 9.34. The summed E-state index contributed by atoms with van der Waals surface area (Å²) in [6.45, 7) is 5.67. The Bertz CT molecular complexity index is 1530. The third-order valence-electron chi connectivity index (χ3n) is 5.83. The van der Waals surface area contributed by atoms with Crippen molar-refractivity contribution < 1.29 is 14.3 Å². The van der Waals surface area contributed by atoms with Crippen LogP contribution in [0.2, 0.25) is 10.0 Å². The minimum Gasteiger partial charge on any atom is -0.493 e. The average molecular weight is 535 g/mol. The van der Waals surface area contributed by atoms with Crippen molar-refractivity contribution in [3.63, 3.8) is 0 Å². The molecule has 188 valence electrons. The molecule has 9 heteroatoms. The Morgan fingerprint density at radius 3 is 2.59 bits per heavy atom. The van der Waals surface area contributed by atoms with E-state index < -0.39 is 12.0 Å². The van der Waals surface area contributed by atoms with Gasteiger partial charge in [0.2, 0.25) is 0 Å². The Hall–Kier alpha value is -3.99. The molecule has 1 atom stereocenters. The van der Waals surface area contributed by atoms with Gasteiger partial charge in [0.25, 0.3) is 5.91 Å². The lowest BCUT2D eigenvalue weighted by Gasteiger charge is -2.17. The Kier molecular flexibility index (Phi) is 7.72. The van der Waals surface area contributed by atoms with Crippen LogP contribution in [-0.2, 0) is 4.79 Å². The maximum Gasteiger partial charge on any atom is 0.265 e. The number of aromatic amines is 1. The number of carbonyl (C=O) groups is 1. The first-order chi connectivity index (χ1) is 17.7. The van der Waals surface area contributed by atoms with Crippen LogP contribution >= 0.6 is 23.2 Å². The molecule has 0 aliphatic rings. The normalized spacial score (nSPS) is 12.2. The molecule has 0 saturated carbocycles. The number of anilines is 1. The number of rotatable bonds is 7. The molecule has 3 aromatic carbocycles. The Labute approximate surface area is 224 Å². The molecule has 0 spiro atoms. The summed E-state index contributed by atoms with van der Waals surface area (Å²) in [7, 11) is 1.50. The van der Waals surface area contributed by atoms with Gasteiger partial charge in [0.15, 0.2) is 17.6 Å². The zero-order valence-corrected chi connectivity index (χ0v) is 22.2. The summed E-state index contributed by atoms with van der Waals surface area (Å²) in [5.74, 6) is 0.846. The summed E-state index contributed by atoms with van der Waals surface area (Å²) in [6, 6.07) is 16.2. The molecule has 37 heavy (non-hydrogen) atoms. The fraction of sp³-hybridized carbons (Fsp3) is 0.179. The third-order valence-corrected chi connectivity index (χ3v) is 6.40. The highest BCUT2D eigenvalue weighted by Crippen LogP contribution is 2.31. The number of carbonyl (C=O) groups excluding carboxylic acids is 1. The van der Waals surface area contributed by atoms with E-state index >= 15 is 0 Å². The maximum atomic E-state index is 12.7. The van der Waals surface area contributed by atoms with Crippen LogP contribution in [0.4, 0.5) is 5.69 Å². The van der Waals surface area contributed by atoms with Crippen molar-refractivity contribution in [1.29, 1.82) is 5.26 Å². The quantitative estimate of drug-likeness (QED) is 0.249. The number of nitriles is 1. The SMILES string of the molecule is COc1cc(/C=C(\C#N)c2nc3cc(C)c(C)cc3[nH]2)ccc1O[C@H](C)C(=O)Nc1cc(Cl)ccc1Cl. The molecule has 2 N–H and O–H groups in total. The minimum atomic E-state index is -0.859. The van der Waals surface area contributed by atoms with Gasteiger partial charge in [-0.15, -0.1) is 0 Å². The van der Waals surface area contributed by atoms with Crippen LogP contribution in [0.15, 0.2) is 48.5 Å². The van der Waals surface area contributed by atoms with E-state index in [0.29, 0.717) is 44.2 Å². The van der Waals surface area contributed by atoms with Crippen molar-refractivity contribution in [3.8, 4) is 17.6 Å². The summed E-state index contributed by atoms with van der Waals surface area (Å²) < 4.78 is 11.3. The topological polar surface area (TPSA) is 100 Å². The van der Waals surface area contributed by atoms with Gasteiger partial charge in [-0.2, -0.15) is 5.26 Å². The number of methoxy groups -OCH3 is 1. The number of fused-ring (bicyclic) bond motifs is 1. The van der Waals surface area contributed by atoms with Gasteiger partial charge >= 0.3 is 0 Å². The number of aryl methyl sites for hydroxylation is 2. The number of nitrogens with zero attached hydrogens (tertiary/aromatic N) is 2.